The van der Waals surface area contributed by atoms with Crippen LogP contribution in [0.4, 0.5) is 0 Å². The summed E-state index contributed by atoms with van der Waals surface area (Å²) in [5, 5.41) is 13.1. The van der Waals surface area contributed by atoms with Gasteiger partial charge in [0.2, 0.25) is 5.91 Å². The Bertz CT molecular complexity index is 309. The van der Waals surface area contributed by atoms with E-state index in [2.05, 4.69) is 17.1 Å². The van der Waals surface area contributed by atoms with Crippen molar-refractivity contribution in [3.63, 3.8) is 0 Å². The number of unbranched alkanes of at least 4 members (excludes halogenated alkanes) is 10. The molecule has 0 aliphatic rings. The molecule has 0 aromatic carbocycles. The molecular formula is C20H42N2O3. The smallest absolute Gasteiger partial charge is 0.219 e. The Kier molecular flexibility index (Phi) is 16.4. The van der Waals surface area contributed by atoms with Crippen molar-refractivity contribution in [1.29, 1.82) is 0 Å². The summed E-state index contributed by atoms with van der Waals surface area (Å²) in [5.41, 5.74) is 0. The number of hydrogen-bond donors (Lipinski definition) is 1. The van der Waals surface area contributed by atoms with Crippen LogP contribution < -0.4 is 10.6 Å². The number of carbonyl (C=O) groups excluding carboxylic acids is 1. The predicted octanol–water partition coefficient (Wildman–Crippen LogP) is 3.52. The van der Waals surface area contributed by atoms with Crippen LogP contribution in [-0.4, -0.2) is 44.3 Å². The predicted molar refractivity (Wildman–Crippen MR) is 102 cm³/mol. The van der Waals surface area contributed by atoms with E-state index in [-0.39, 0.29) is 12.6 Å². The largest absolute Gasteiger partial charge is 0.719 e. The summed E-state index contributed by atoms with van der Waals surface area (Å²) in [6, 6.07) is 0. The molecule has 0 aromatic heterocycles. The van der Waals surface area contributed by atoms with Crippen LogP contribution in [0.1, 0.15) is 90.4 Å². The van der Waals surface area contributed by atoms with Crippen LogP contribution in [0.2, 0.25) is 0 Å². The lowest BCUT2D eigenvalue weighted by atomic mass is 10.1. The first-order valence-corrected chi connectivity index (χ1v) is 10.4. The highest BCUT2D eigenvalue weighted by molar-refractivity contribution is 5.75. The van der Waals surface area contributed by atoms with Gasteiger partial charge in [0.05, 0.1) is 20.6 Å². The van der Waals surface area contributed by atoms with Crippen molar-refractivity contribution in [1.82, 2.24) is 5.32 Å². The molecule has 25 heavy (non-hydrogen) atoms. The third-order valence-electron chi connectivity index (χ3n) is 4.67. The Labute approximate surface area is 155 Å². The molecule has 0 unspecified atom stereocenters. The lowest BCUT2D eigenvalue weighted by Gasteiger charge is -2.30. The topological polar surface area (TPSA) is 61.4 Å². The molecule has 0 radical (unpaired) electrons. The zero-order chi connectivity index (χ0) is 18.8. The average molecular weight is 359 g/mol. The highest BCUT2D eigenvalue weighted by Gasteiger charge is 2.12. The molecule has 0 aromatic rings. The third kappa shape index (κ3) is 18.0. The Hall–Kier alpha value is -0.650. The standard InChI is InChI=1S/C20H42N2O3/c1-4-5-6-7-8-9-10-11-12-13-14-16-20(23)21-17-15-18-22(2,3)19-25-24/h4-19H2,1-3H3,(H-,21,23,24). The highest BCUT2D eigenvalue weighted by atomic mass is 17.1. The fourth-order valence-corrected chi connectivity index (χ4v) is 2.98. The summed E-state index contributed by atoms with van der Waals surface area (Å²) in [5.74, 6) is 0.154. The number of quaternary nitrogens is 1. The summed E-state index contributed by atoms with van der Waals surface area (Å²) in [6.45, 7) is 3.91. The van der Waals surface area contributed by atoms with E-state index in [1.165, 1.54) is 57.8 Å². The number of amides is 1. The molecule has 0 saturated carbocycles. The Morgan fingerprint density at radius 2 is 1.40 bits per heavy atom. The van der Waals surface area contributed by atoms with Crippen LogP contribution in [-0.2, 0) is 9.68 Å². The first kappa shape index (κ1) is 24.4. The molecule has 0 spiro atoms. The van der Waals surface area contributed by atoms with Gasteiger partial charge in [-0.05, 0) is 6.42 Å². The maximum atomic E-state index is 11.8. The summed E-state index contributed by atoms with van der Waals surface area (Å²) < 4.78 is 0.526. The Morgan fingerprint density at radius 1 is 0.880 bits per heavy atom. The quantitative estimate of drug-likeness (QED) is 0.134. The van der Waals surface area contributed by atoms with Gasteiger partial charge in [-0.1, -0.05) is 71.1 Å². The van der Waals surface area contributed by atoms with Crippen molar-refractivity contribution in [2.75, 3.05) is 33.9 Å². The molecular weight excluding hydrogens is 316 g/mol. The first-order valence-electron chi connectivity index (χ1n) is 10.4. The molecule has 1 amide bonds. The minimum atomic E-state index is 0.154. The molecule has 0 saturated heterocycles. The summed E-state index contributed by atoms with van der Waals surface area (Å²) in [6.07, 6.45) is 15.8. The van der Waals surface area contributed by atoms with Crippen molar-refractivity contribution in [3.8, 4) is 0 Å². The molecule has 0 aliphatic carbocycles. The van der Waals surface area contributed by atoms with Gasteiger partial charge in [0.25, 0.3) is 0 Å². The molecule has 0 fully saturated rings. The van der Waals surface area contributed by atoms with Crippen LogP contribution in [0, 0.1) is 0 Å². The zero-order valence-corrected chi connectivity index (χ0v) is 17.0. The number of carbonyl (C=O) groups is 1. The average Bonchev–Trinajstić information content (AvgIpc) is 2.56. The Balaban J connectivity index is 3.31. The van der Waals surface area contributed by atoms with Crippen LogP contribution in [0.5, 0.6) is 0 Å². The van der Waals surface area contributed by atoms with E-state index in [0.717, 1.165) is 25.8 Å². The van der Waals surface area contributed by atoms with Gasteiger partial charge in [-0.3, -0.25) is 4.79 Å². The number of nitrogens with one attached hydrogen (secondary N) is 1. The van der Waals surface area contributed by atoms with Gasteiger partial charge in [0.1, 0.15) is 0 Å². The third-order valence-corrected chi connectivity index (χ3v) is 4.67. The van der Waals surface area contributed by atoms with Gasteiger partial charge in [-0.25, -0.2) is 0 Å². The van der Waals surface area contributed by atoms with Crippen LogP contribution in [0.25, 0.3) is 0 Å². The molecule has 0 atom stereocenters. The van der Waals surface area contributed by atoms with Crippen LogP contribution in [0.3, 0.4) is 0 Å². The maximum Gasteiger partial charge on any atom is 0.219 e. The number of nitrogens with zero attached hydrogens (tertiary/aromatic N) is 1. The Morgan fingerprint density at radius 3 is 1.92 bits per heavy atom. The molecule has 5 nitrogen and oxygen atoms in total. The van der Waals surface area contributed by atoms with E-state index in [0.29, 0.717) is 17.4 Å². The maximum absolute atomic E-state index is 11.8. The number of hydrogen-bond acceptors (Lipinski definition) is 3. The minimum Gasteiger partial charge on any atom is -0.719 e. The van der Waals surface area contributed by atoms with Crippen LogP contribution >= 0.6 is 0 Å². The summed E-state index contributed by atoms with van der Waals surface area (Å²) in [7, 11) is 3.90. The fourth-order valence-electron chi connectivity index (χ4n) is 2.98. The molecule has 1 N–H and O–H groups in total. The van der Waals surface area contributed by atoms with E-state index >= 15 is 0 Å². The van der Waals surface area contributed by atoms with Gasteiger partial charge in [-0.15, -0.1) is 0 Å². The van der Waals surface area contributed by atoms with Crippen molar-refractivity contribution in [3.05, 3.63) is 0 Å². The summed E-state index contributed by atoms with van der Waals surface area (Å²) in [4.78, 5) is 15.7. The van der Waals surface area contributed by atoms with Crippen molar-refractivity contribution < 1.29 is 19.4 Å². The molecule has 0 bridgehead atoms. The van der Waals surface area contributed by atoms with E-state index in [1.807, 2.05) is 14.1 Å². The van der Waals surface area contributed by atoms with Crippen molar-refractivity contribution >= 4 is 5.91 Å². The van der Waals surface area contributed by atoms with E-state index in [1.54, 1.807) is 0 Å². The van der Waals surface area contributed by atoms with Crippen LogP contribution in [0.15, 0.2) is 0 Å². The normalized spacial score (nSPS) is 11.7. The van der Waals surface area contributed by atoms with E-state index < -0.39 is 0 Å². The molecule has 0 heterocycles. The van der Waals surface area contributed by atoms with Gasteiger partial charge >= 0.3 is 0 Å². The van der Waals surface area contributed by atoms with E-state index in [9.17, 15) is 10.1 Å². The first-order chi connectivity index (χ1) is 12.0. The molecule has 0 aliphatic heterocycles. The fraction of sp³-hybridized carbons (Fsp3) is 0.950. The van der Waals surface area contributed by atoms with Gasteiger partial charge in [0, 0.05) is 19.4 Å². The highest BCUT2D eigenvalue weighted by Crippen LogP contribution is 2.11. The monoisotopic (exact) mass is 358 g/mol. The lowest BCUT2D eigenvalue weighted by molar-refractivity contribution is -0.948. The zero-order valence-electron chi connectivity index (χ0n) is 17.0. The summed E-state index contributed by atoms with van der Waals surface area (Å²) >= 11 is 0. The second-order valence-electron chi connectivity index (χ2n) is 7.90. The molecule has 0 rings (SSSR count). The van der Waals surface area contributed by atoms with Gasteiger partial charge in [0.15, 0.2) is 6.73 Å². The molecule has 150 valence electrons. The second-order valence-corrected chi connectivity index (χ2v) is 7.90. The molecule has 5 heteroatoms. The van der Waals surface area contributed by atoms with Crippen molar-refractivity contribution in [2.24, 2.45) is 0 Å². The SMILES string of the molecule is CCCCCCCCCCCCCC(=O)NCCC[N+](C)(C)CO[O-]. The minimum absolute atomic E-state index is 0.154. The van der Waals surface area contributed by atoms with Gasteiger partial charge < -0.3 is 19.9 Å². The van der Waals surface area contributed by atoms with Crippen molar-refractivity contribution in [2.45, 2.75) is 90.4 Å². The number of rotatable bonds is 18. The van der Waals surface area contributed by atoms with Gasteiger partial charge in [-0.2, -0.15) is 0 Å². The second kappa shape index (κ2) is 16.8. The lowest BCUT2D eigenvalue weighted by Crippen LogP contribution is -2.44. The van der Waals surface area contributed by atoms with E-state index in [4.69, 9.17) is 0 Å².